The van der Waals surface area contributed by atoms with E-state index in [9.17, 15) is 9.90 Å². The highest BCUT2D eigenvalue weighted by Crippen LogP contribution is 2.47. The molecule has 35 heavy (non-hydrogen) atoms. The fourth-order valence-electron chi connectivity index (χ4n) is 4.45. The molecule has 1 unspecified atom stereocenters. The molecule has 11 heteroatoms. The molecule has 5 aromatic rings. The van der Waals surface area contributed by atoms with Crippen LogP contribution in [0.5, 0.6) is 11.5 Å². The molecule has 0 radical (unpaired) electrons. The number of nitrogens with zero attached hydrogens (tertiary/aromatic N) is 4. The van der Waals surface area contributed by atoms with E-state index in [0.717, 1.165) is 33.0 Å². The largest absolute Gasteiger partial charge is 0.454 e. The molecule has 0 amide bonds. The van der Waals surface area contributed by atoms with E-state index in [0.29, 0.717) is 39.3 Å². The molecule has 0 saturated heterocycles. The Kier molecular flexibility index (Phi) is 4.40. The second-order valence-corrected chi connectivity index (χ2v) is 9.49. The van der Waals surface area contributed by atoms with E-state index < -0.39 is 11.8 Å². The van der Waals surface area contributed by atoms with E-state index >= 15 is 0 Å². The zero-order valence-corrected chi connectivity index (χ0v) is 19.4. The molecule has 0 bridgehead atoms. The van der Waals surface area contributed by atoms with Crippen LogP contribution in [-0.2, 0) is 21.7 Å². The molecule has 1 atom stereocenters. The molecule has 0 aliphatic carbocycles. The molecule has 1 N–H and O–H groups in total. The zero-order chi connectivity index (χ0) is 23.6. The number of cyclic esters (lactones) is 1. The van der Waals surface area contributed by atoms with Gasteiger partial charge in [-0.25, -0.2) is 4.79 Å². The highest BCUT2D eigenvalue weighted by atomic mass is 32.1. The topological polar surface area (TPSA) is 117 Å². The van der Waals surface area contributed by atoms with Gasteiger partial charge >= 0.3 is 5.97 Å². The number of carbonyl (C=O) groups is 1. The maximum absolute atomic E-state index is 13.3. The first-order valence-electron chi connectivity index (χ1n) is 10.6. The van der Waals surface area contributed by atoms with Gasteiger partial charge in [0.1, 0.15) is 16.6 Å². The monoisotopic (exact) mass is 502 g/mol. The first-order valence-corrected chi connectivity index (χ1v) is 12.1. The van der Waals surface area contributed by atoms with Crippen molar-refractivity contribution in [2.45, 2.75) is 12.2 Å². The molecule has 7 rings (SSSR count). The lowest BCUT2D eigenvalue weighted by Gasteiger charge is -2.26. The molecule has 2 aliphatic rings. The van der Waals surface area contributed by atoms with Crippen molar-refractivity contribution in [2.24, 2.45) is 0 Å². The maximum atomic E-state index is 13.3. The summed E-state index contributed by atoms with van der Waals surface area (Å²) in [5.41, 5.74) is 4.76. The number of ether oxygens (including phenoxy) is 3. The third-order valence-corrected chi connectivity index (χ3v) is 7.40. The summed E-state index contributed by atoms with van der Waals surface area (Å²) in [6.07, 6.45) is 0.257. The van der Waals surface area contributed by atoms with Gasteiger partial charge in [-0.05, 0) is 65.1 Å². The van der Waals surface area contributed by atoms with Gasteiger partial charge in [0.25, 0.3) is 5.79 Å². The number of fused-ring (bicyclic) bond motifs is 3. The van der Waals surface area contributed by atoms with Crippen molar-refractivity contribution in [1.82, 2.24) is 18.3 Å². The van der Waals surface area contributed by atoms with E-state index in [1.165, 1.54) is 11.5 Å². The van der Waals surface area contributed by atoms with Crippen molar-refractivity contribution in [3.63, 3.8) is 0 Å². The number of hydrogen-bond donors (Lipinski definition) is 1. The Morgan fingerprint density at radius 2 is 1.80 bits per heavy atom. The normalized spacial score (nSPS) is 19.2. The Bertz CT molecular complexity index is 1690. The Morgan fingerprint density at radius 3 is 2.74 bits per heavy atom. The summed E-state index contributed by atoms with van der Waals surface area (Å²) in [6.45, 7) is 0.0928. The van der Waals surface area contributed by atoms with Crippen molar-refractivity contribution in [1.29, 1.82) is 0 Å². The van der Waals surface area contributed by atoms with Crippen LogP contribution in [0.15, 0.2) is 60.2 Å². The number of benzene rings is 3. The third-order valence-electron chi connectivity index (χ3n) is 6.15. The van der Waals surface area contributed by atoms with Crippen LogP contribution in [0.1, 0.15) is 16.7 Å². The lowest BCUT2D eigenvalue weighted by Crippen LogP contribution is -2.29. The predicted molar refractivity (Wildman–Crippen MR) is 128 cm³/mol. The highest BCUT2D eigenvalue weighted by molar-refractivity contribution is 7.12. The summed E-state index contributed by atoms with van der Waals surface area (Å²) < 4.78 is 30.0. The average Bonchev–Trinajstić information content (AvgIpc) is 3.65. The second kappa shape index (κ2) is 7.54. The molecule has 172 valence electrons. The molecular weight excluding hydrogens is 488 g/mol. The number of aliphatic hydroxyl groups is 1. The number of hydrogen-bond acceptors (Lipinski definition) is 11. The fourth-order valence-corrected chi connectivity index (χ4v) is 5.60. The third kappa shape index (κ3) is 3.20. The molecular formula is C24H14N4O5S2. The highest BCUT2D eigenvalue weighted by Gasteiger charge is 2.48. The Labute approximate surface area is 205 Å². The van der Waals surface area contributed by atoms with Crippen LogP contribution in [0.2, 0.25) is 0 Å². The van der Waals surface area contributed by atoms with Crippen LogP contribution in [0.3, 0.4) is 0 Å². The summed E-state index contributed by atoms with van der Waals surface area (Å²) in [6, 6.07) is 16.1. The maximum Gasteiger partial charge on any atom is 0.342 e. The van der Waals surface area contributed by atoms with Crippen molar-refractivity contribution in [3.8, 4) is 11.5 Å². The van der Waals surface area contributed by atoms with Crippen molar-refractivity contribution >= 4 is 56.1 Å². The van der Waals surface area contributed by atoms with Crippen LogP contribution < -0.4 is 9.47 Å². The smallest absolute Gasteiger partial charge is 0.342 e. The van der Waals surface area contributed by atoms with E-state index in [2.05, 4.69) is 18.3 Å². The number of carbonyl (C=O) groups excluding carboxylic acids is 1. The summed E-state index contributed by atoms with van der Waals surface area (Å²) in [5, 5.41) is 16.0. The SMILES string of the molecule is O=C1OC(O)(c2ccc3c(c2)OCO3)C(Cc2ccc3nnsc3c2)=C1c1ccc2nsnc2c1. The number of aromatic nitrogens is 4. The van der Waals surface area contributed by atoms with E-state index in [1.54, 1.807) is 36.4 Å². The Balaban J connectivity index is 1.42. The number of rotatable bonds is 4. The molecule has 4 heterocycles. The van der Waals surface area contributed by atoms with Crippen LogP contribution in [0.4, 0.5) is 0 Å². The van der Waals surface area contributed by atoms with Crippen LogP contribution >= 0.6 is 23.3 Å². The minimum Gasteiger partial charge on any atom is -0.454 e. The van der Waals surface area contributed by atoms with E-state index in [-0.39, 0.29) is 13.2 Å². The molecule has 3 aromatic carbocycles. The van der Waals surface area contributed by atoms with Crippen molar-refractivity contribution in [2.75, 3.05) is 6.79 Å². The van der Waals surface area contributed by atoms with Crippen molar-refractivity contribution in [3.05, 3.63) is 76.9 Å². The van der Waals surface area contributed by atoms with Gasteiger partial charge in [0.15, 0.2) is 11.5 Å². The zero-order valence-electron chi connectivity index (χ0n) is 17.8. The van der Waals surface area contributed by atoms with Gasteiger partial charge in [-0.1, -0.05) is 16.6 Å². The standard InChI is InChI=1S/C24H14N4O5S2/c29-23-22(13-2-5-16-18(9-13)27-35-26-16)15(7-12-1-4-17-21(8-12)34-28-25-17)24(30,33-23)14-3-6-19-20(10-14)32-11-31-19/h1-6,8-10,30H,7,11H2. The quantitative estimate of drug-likeness (QED) is 0.366. The van der Waals surface area contributed by atoms with Gasteiger partial charge in [0, 0.05) is 17.6 Å². The number of esters is 1. The second-order valence-electron chi connectivity index (χ2n) is 8.17. The van der Waals surface area contributed by atoms with Gasteiger partial charge < -0.3 is 19.3 Å². The molecule has 0 saturated carbocycles. The van der Waals surface area contributed by atoms with Gasteiger partial charge in [-0.3, -0.25) is 0 Å². The Hall–Kier alpha value is -3.93. The fraction of sp³-hybridized carbons (Fsp3) is 0.125. The summed E-state index contributed by atoms with van der Waals surface area (Å²) in [5.74, 6) is -1.57. The van der Waals surface area contributed by atoms with Gasteiger partial charge in [0.2, 0.25) is 6.79 Å². The summed E-state index contributed by atoms with van der Waals surface area (Å²) >= 11 is 2.39. The molecule has 0 fully saturated rings. The first kappa shape index (κ1) is 20.4. The van der Waals surface area contributed by atoms with Crippen molar-refractivity contribution < 1.29 is 24.1 Å². The Morgan fingerprint density at radius 1 is 0.943 bits per heavy atom. The van der Waals surface area contributed by atoms with Gasteiger partial charge in [-0.15, -0.1) is 5.10 Å². The van der Waals surface area contributed by atoms with Gasteiger partial charge in [0.05, 0.1) is 22.0 Å². The van der Waals surface area contributed by atoms with Gasteiger partial charge in [-0.2, -0.15) is 8.75 Å². The van der Waals surface area contributed by atoms with E-state index in [4.69, 9.17) is 14.2 Å². The van der Waals surface area contributed by atoms with E-state index in [1.807, 2.05) is 18.2 Å². The predicted octanol–water partition coefficient (Wildman–Crippen LogP) is 3.82. The summed E-state index contributed by atoms with van der Waals surface area (Å²) in [4.78, 5) is 13.3. The molecule has 0 spiro atoms. The van der Waals surface area contributed by atoms with Crippen LogP contribution in [0.25, 0.3) is 26.8 Å². The molecule has 2 aliphatic heterocycles. The van der Waals surface area contributed by atoms with Crippen LogP contribution in [0, 0.1) is 0 Å². The lowest BCUT2D eigenvalue weighted by atomic mass is 9.88. The average molecular weight is 503 g/mol. The van der Waals surface area contributed by atoms with Crippen LogP contribution in [-0.4, -0.2) is 36.2 Å². The lowest BCUT2D eigenvalue weighted by molar-refractivity contribution is -0.185. The minimum atomic E-state index is -2.00. The first-order chi connectivity index (χ1) is 17.1. The minimum absolute atomic E-state index is 0.0928. The molecule has 2 aromatic heterocycles. The molecule has 9 nitrogen and oxygen atoms in total. The summed E-state index contributed by atoms with van der Waals surface area (Å²) in [7, 11) is 0.